The highest BCUT2D eigenvalue weighted by molar-refractivity contribution is 5.71. The van der Waals surface area contributed by atoms with Crippen LogP contribution in [0.2, 0.25) is 0 Å². The van der Waals surface area contributed by atoms with Crippen LogP contribution in [0.5, 0.6) is 0 Å². The lowest BCUT2D eigenvalue weighted by Gasteiger charge is -2.10. The molecule has 0 fully saturated rings. The van der Waals surface area contributed by atoms with Crippen LogP contribution < -0.4 is 0 Å². The van der Waals surface area contributed by atoms with E-state index in [2.05, 4.69) is 4.98 Å². The van der Waals surface area contributed by atoms with E-state index in [1.807, 2.05) is 22.9 Å². The summed E-state index contributed by atoms with van der Waals surface area (Å²) in [6, 6.07) is 3.85. The highest BCUT2D eigenvalue weighted by Gasteiger charge is 2.09. The van der Waals surface area contributed by atoms with E-state index in [9.17, 15) is 4.79 Å². The first-order chi connectivity index (χ1) is 7.31. The molecular formula is C11H12N2O2. The van der Waals surface area contributed by atoms with Gasteiger partial charge in [0.1, 0.15) is 6.54 Å². The summed E-state index contributed by atoms with van der Waals surface area (Å²) in [7, 11) is 0. The molecule has 15 heavy (non-hydrogen) atoms. The molecule has 2 rings (SSSR count). The fraction of sp³-hybridized carbons (Fsp3) is 0.273. The highest BCUT2D eigenvalue weighted by atomic mass is 16.5. The van der Waals surface area contributed by atoms with Crippen LogP contribution in [-0.2, 0) is 16.1 Å². The molecule has 0 aliphatic carbocycles. The van der Waals surface area contributed by atoms with Crippen molar-refractivity contribution in [1.29, 1.82) is 0 Å². The summed E-state index contributed by atoms with van der Waals surface area (Å²) in [6.45, 7) is 2.44. The number of carbonyl (C=O) groups excluding carboxylic acids is 1. The molecule has 2 aliphatic heterocycles. The van der Waals surface area contributed by atoms with E-state index in [1.165, 1.54) is 0 Å². The molecule has 2 heterocycles. The lowest BCUT2D eigenvalue weighted by atomic mass is 10.2. The number of carbonyl (C=O) groups is 1. The van der Waals surface area contributed by atoms with Crippen LogP contribution in [0.1, 0.15) is 6.92 Å². The summed E-state index contributed by atoms with van der Waals surface area (Å²) in [5.74, 6) is -0.226. The quantitative estimate of drug-likeness (QED) is 0.712. The van der Waals surface area contributed by atoms with Crippen molar-refractivity contribution in [2.45, 2.75) is 13.5 Å². The summed E-state index contributed by atoms with van der Waals surface area (Å²) >= 11 is 0. The number of rotatable bonds is 3. The topological polar surface area (TPSA) is 44.1 Å². The van der Waals surface area contributed by atoms with Gasteiger partial charge in [0.2, 0.25) is 0 Å². The van der Waals surface area contributed by atoms with E-state index in [0.29, 0.717) is 6.61 Å². The number of pyridine rings is 1. The summed E-state index contributed by atoms with van der Waals surface area (Å²) < 4.78 is 6.72. The van der Waals surface area contributed by atoms with Crippen LogP contribution in [0, 0.1) is 0 Å². The molecule has 0 aromatic rings. The van der Waals surface area contributed by atoms with E-state index in [0.717, 1.165) is 11.3 Å². The van der Waals surface area contributed by atoms with E-state index < -0.39 is 0 Å². The van der Waals surface area contributed by atoms with E-state index in [-0.39, 0.29) is 12.5 Å². The van der Waals surface area contributed by atoms with Gasteiger partial charge in [0, 0.05) is 18.0 Å². The van der Waals surface area contributed by atoms with Crippen molar-refractivity contribution in [3.8, 4) is 11.3 Å². The molecule has 0 amide bonds. The minimum absolute atomic E-state index is 0.226. The Labute approximate surface area is 87.8 Å². The first-order valence-corrected chi connectivity index (χ1v) is 4.85. The third-order valence-corrected chi connectivity index (χ3v) is 2.16. The molecule has 0 spiro atoms. The zero-order chi connectivity index (χ0) is 10.7. The Balaban J connectivity index is 2.22. The molecule has 0 aromatic carbocycles. The first-order valence-electron chi connectivity index (χ1n) is 4.85. The van der Waals surface area contributed by atoms with Crippen LogP contribution in [0.25, 0.3) is 11.3 Å². The van der Waals surface area contributed by atoms with Gasteiger partial charge in [0.25, 0.3) is 0 Å². The lowest BCUT2D eigenvalue weighted by Crippen LogP contribution is -2.14. The maximum atomic E-state index is 11.3. The summed E-state index contributed by atoms with van der Waals surface area (Å²) in [5.41, 5.74) is 1.98. The van der Waals surface area contributed by atoms with Crippen molar-refractivity contribution in [3.05, 3.63) is 30.7 Å². The molecule has 0 atom stereocenters. The van der Waals surface area contributed by atoms with Gasteiger partial charge >= 0.3 is 5.97 Å². The molecule has 2 aliphatic rings. The van der Waals surface area contributed by atoms with E-state index in [4.69, 9.17) is 4.74 Å². The van der Waals surface area contributed by atoms with Crippen molar-refractivity contribution >= 4 is 5.97 Å². The third kappa shape index (κ3) is 1.98. The number of aromatic nitrogens is 2. The Bertz CT molecular complexity index is 436. The van der Waals surface area contributed by atoms with Gasteiger partial charge in [-0.3, -0.25) is 9.78 Å². The SMILES string of the molecule is CCOC(=O)Cn1cccc2cncc1-2. The summed E-state index contributed by atoms with van der Waals surface area (Å²) in [4.78, 5) is 15.4. The molecule has 4 nitrogen and oxygen atoms in total. The monoisotopic (exact) mass is 204 g/mol. The zero-order valence-corrected chi connectivity index (χ0v) is 8.51. The maximum absolute atomic E-state index is 11.3. The molecule has 0 aromatic heterocycles. The predicted molar refractivity (Wildman–Crippen MR) is 55.5 cm³/mol. The molecule has 0 saturated heterocycles. The maximum Gasteiger partial charge on any atom is 0.325 e. The second kappa shape index (κ2) is 4.13. The Hall–Kier alpha value is -1.84. The smallest absolute Gasteiger partial charge is 0.325 e. The largest absolute Gasteiger partial charge is 0.465 e. The van der Waals surface area contributed by atoms with Crippen LogP contribution in [-0.4, -0.2) is 22.1 Å². The molecular weight excluding hydrogens is 192 g/mol. The summed E-state index contributed by atoms with van der Waals surface area (Å²) in [5, 5.41) is 0. The molecule has 78 valence electrons. The van der Waals surface area contributed by atoms with Crippen LogP contribution in [0.15, 0.2) is 30.7 Å². The highest BCUT2D eigenvalue weighted by Crippen LogP contribution is 2.19. The van der Waals surface area contributed by atoms with Crippen molar-refractivity contribution in [1.82, 2.24) is 9.55 Å². The van der Waals surface area contributed by atoms with E-state index in [1.54, 1.807) is 19.3 Å². The average Bonchev–Trinajstić information content (AvgIpc) is 2.67. The molecule has 0 unspecified atom stereocenters. The minimum Gasteiger partial charge on any atom is -0.465 e. The van der Waals surface area contributed by atoms with Gasteiger partial charge in [0.15, 0.2) is 0 Å². The molecule has 0 radical (unpaired) electrons. The number of fused-ring (bicyclic) bond motifs is 1. The predicted octanol–water partition coefficient (Wildman–Crippen LogP) is 1.55. The molecule has 0 bridgehead atoms. The number of nitrogens with zero attached hydrogens (tertiary/aromatic N) is 2. The summed E-state index contributed by atoms with van der Waals surface area (Å²) in [6.07, 6.45) is 5.37. The van der Waals surface area contributed by atoms with Gasteiger partial charge in [-0.1, -0.05) is 0 Å². The Kier molecular flexibility index (Phi) is 2.67. The van der Waals surface area contributed by atoms with Gasteiger partial charge in [-0.15, -0.1) is 0 Å². The normalized spacial score (nSPS) is 10.5. The third-order valence-electron chi connectivity index (χ3n) is 2.16. The van der Waals surface area contributed by atoms with Crippen molar-refractivity contribution in [2.24, 2.45) is 0 Å². The van der Waals surface area contributed by atoms with Crippen molar-refractivity contribution in [2.75, 3.05) is 6.61 Å². The van der Waals surface area contributed by atoms with Gasteiger partial charge in [-0.05, 0) is 19.1 Å². The molecule has 0 N–H and O–H groups in total. The zero-order valence-electron chi connectivity index (χ0n) is 8.51. The van der Waals surface area contributed by atoms with Gasteiger partial charge < -0.3 is 9.30 Å². The lowest BCUT2D eigenvalue weighted by molar-refractivity contribution is -0.143. The van der Waals surface area contributed by atoms with Gasteiger partial charge in [0.05, 0.1) is 18.5 Å². The van der Waals surface area contributed by atoms with Crippen LogP contribution in [0.4, 0.5) is 0 Å². The Morgan fingerprint density at radius 2 is 2.40 bits per heavy atom. The molecule has 4 heteroatoms. The Morgan fingerprint density at radius 3 is 3.20 bits per heavy atom. The second-order valence-electron chi connectivity index (χ2n) is 3.19. The fourth-order valence-electron chi connectivity index (χ4n) is 1.51. The van der Waals surface area contributed by atoms with Crippen molar-refractivity contribution < 1.29 is 9.53 Å². The standard InChI is InChI=1S/C11H12N2O2/c1-2-15-11(14)8-13-5-3-4-9-6-12-7-10(9)13/h3-7H,2,8H2,1H3. The van der Waals surface area contributed by atoms with Gasteiger partial charge in [-0.2, -0.15) is 0 Å². The number of hydrogen-bond acceptors (Lipinski definition) is 3. The number of esters is 1. The van der Waals surface area contributed by atoms with Crippen LogP contribution >= 0.6 is 0 Å². The van der Waals surface area contributed by atoms with E-state index >= 15 is 0 Å². The number of ether oxygens (including phenoxy) is 1. The van der Waals surface area contributed by atoms with Crippen LogP contribution in [0.3, 0.4) is 0 Å². The minimum atomic E-state index is -0.226. The second-order valence-corrected chi connectivity index (χ2v) is 3.19. The van der Waals surface area contributed by atoms with Gasteiger partial charge in [-0.25, -0.2) is 0 Å². The number of hydrogen-bond donors (Lipinski definition) is 0. The Morgan fingerprint density at radius 1 is 1.53 bits per heavy atom. The average molecular weight is 204 g/mol. The molecule has 0 saturated carbocycles. The van der Waals surface area contributed by atoms with Crippen molar-refractivity contribution in [3.63, 3.8) is 0 Å². The fourth-order valence-corrected chi connectivity index (χ4v) is 1.51. The first kappa shape index (κ1) is 9.71.